The van der Waals surface area contributed by atoms with Crippen molar-refractivity contribution in [1.82, 2.24) is 9.78 Å². The van der Waals surface area contributed by atoms with Gasteiger partial charge in [0, 0.05) is 46.1 Å². The Morgan fingerprint density at radius 2 is 1.20 bits per heavy atom. The summed E-state index contributed by atoms with van der Waals surface area (Å²) in [4.78, 5) is 31.6. The first kappa shape index (κ1) is 44.7. The number of aryl methyl sites for hydroxylation is 1. The van der Waals surface area contributed by atoms with Crippen molar-refractivity contribution in [3.05, 3.63) is 139 Å². The van der Waals surface area contributed by atoms with Crippen molar-refractivity contribution in [3.8, 4) is 22.9 Å². The number of rotatable bonds is 9. The van der Waals surface area contributed by atoms with Gasteiger partial charge in [0.2, 0.25) is 0 Å². The minimum Gasteiger partial charge on any atom is -0.871 e. The van der Waals surface area contributed by atoms with Crippen LogP contribution in [0.25, 0.3) is 27.2 Å². The molecule has 1 radical (unpaired) electrons. The quantitative estimate of drug-likeness (QED) is 0.0786. The van der Waals surface area contributed by atoms with E-state index in [4.69, 9.17) is 0 Å². The Kier molecular flexibility index (Phi) is 12.8. The first-order valence-electron chi connectivity index (χ1n) is 16.4. The van der Waals surface area contributed by atoms with Crippen LogP contribution in [0.3, 0.4) is 0 Å². The molecule has 22 nitrogen and oxygen atoms in total. The van der Waals surface area contributed by atoms with E-state index in [1.165, 1.54) is 25.1 Å². The van der Waals surface area contributed by atoms with E-state index in [1.54, 1.807) is 30.3 Å². The second-order valence-corrected chi connectivity index (χ2v) is 14.9. The number of benzene rings is 6. The van der Waals surface area contributed by atoms with Crippen molar-refractivity contribution < 1.29 is 72.7 Å². The van der Waals surface area contributed by atoms with E-state index in [9.17, 15) is 66.3 Å². The van der Waals surface area contributed by atoms with Gasteiger partial charge in [0.15, 0.2) is 0 Å². The second-order valence-electron chi connectivity index (χ2n) is 12.2. The fraction of sp³-hybridized carbons (Fsp3) is 0.0278. The molecule has 0 amide bonds. The monoisotopic (exact) mass is 907 g/mol. The molecule has 61 heavy (non-hydrogen) atoms. The molecule has 7 rings (SSSR count). The summed E-state index contributed by atoms with van der Waals surface area (Å²) in [5.74, 6) is -2.01. The van der Waals surface area contributed by atoms with Crippen LogP contribution in [0.5, 0.6) is 17.2 Å². The zero-order chi connectivity index (χ0) is 43.7. The van der Waals surface area contributed by atoms with Crippen LogP contribution >= 0.6 is 0 Å². The van der Waals surface area contributed by atoms with Crippen molar-refractivity contribution in [1.29, 1.82) is 0 Å². The molecule has 25 heteroatoms. The third-order valence-corrected chi connectivity index (χ3v) is 10.1. The summed E-state index contributed by atoms with van der Waals surface area (Å²) in [5, 5.41) is 78.3. The normalized spacial score (nSPS) is 11.7. The van der Waals surface area contributed by atoms with Crippen molar-refractivity contribution in [3.63, 3.8) is 0 Å². The van der Waals surface area contributed by atoms with Crippen LogP contribution in [-0.4, -0.2) is 40.5 Å². The molecule has 0 aliphatic rings. The van der Waals surface area contributed by atoms with E-state index in [2.05, 4.69) is 25.6 Å². The number of fused-ring (bicyclic) bond motifs is 2. The fourth-order valence-electron chi connectivity index (χ4n) is 5.55. The zero-order valence-electron chi connectivity index (χ0n) is 33.3. The molecule has 0 aliphatic heterocycles. The molecule has 0 N–H and O–H groups in total. The molecule has 0 spiro atoms. The first-order chi connectivity index (χ1) is 28.2. The van der Waals surface area contributed by atoms with Gasteiger partial charge in [0.1, 0.15) is 25.9 Å². The number of hydrogen-bond acceptors (Lipinski definition) is 18. The smallest absolute Gasteiger partial charge is 0.871 e. The Morgan fingerprint density at radius 1 is 0.623 bits per heavy atom. The third kappa shape index (κ3) is 9.58. The molecule has 309 valence electrons. The molecule has 0 bridgehead atoms. The zero-order valence-corrected chi connectivity index (χ0v) is 33.2. The van der Waals surface area contributed by atoms with Gasteiger partial charge < -0.3 is 34.2 Å². The van der Waals surface area contributed by atoms with Crippen molar-refractivity contribution in [2.45, 2.75) is 16.7 Å². The minimum absolute atomic E-state index is 0. The summed E-state index contributed by atoms with van der Waals surface area (Å²) in [6, 6.07) is 20.8. The maximum atomic E-state index is 12.5. The minimum atomic E-state index is -5.11. The number of hydrogen-bond donors (Lipinski definition) is 0. The molecule has 7 aromatic rings. The largest absolute Gasteiger partial charge is 3.00 e. The molecule has 0 unspecified atom stereocenters. The number of nitrogens with zero attached hydrogens (tertiary/aromatic N) is 8. The molecule has 1 aromatic heterocycles. The fourth-order valence-corrected chi connectivity index (χ4v) is 6.70. The van der Waals surface area contributed by atoms with Gasteiger partial charge >= 0.3 is 21.6 Å². The van der Waals surface area contributed by atoms with E-state index < -0.39 is 68.4 Å². The maximum Gasteiger partial charge on any atom is 3.00 e. The van der Waals surface area contributed by atoms with Crippen molar-refractivity contribution in [2.24, 2.45) is 20.5 Å². The maximum absolute atomic E-state index is 12.5. The number of nitro benzene ring substituents is 2. The Labute approximate surface area is 356 Å². The van der Waals surface area contributed by atoms with E-state index in [0.29, 0.717) is 16.8 Å². The van der Waals surface area contributed by atoms with Gasteiger partial charge in [-0.3, -0.25) is 25.0 Å². The summed E-state index contributed by atoms with van der Waals surface area (Å²) in [6.07, 6.45) is 0. The second kappa shape index (κ2) is 17.4. The van der Waals surface area contributed by atoms with Crippen molar-refractivity contribution >= 4 is 75.9 Å². The molecule has 0 fully saturated rings. The van der Waals surface area contributed by atoms with E-state index in [0.717, 1.165) is 53.2 Å². The topological polar surface area (TPSA) is 355 Å². The van der Waals surface area contributed by atoms with Gasteiger partial charge in [-0.1, -0.05) is 66.6 Å². The van der Waals surface area contributed by atoms with E-state index in [1.807, 2.05) is 0 Å². The van der Waals surface area contributed by atoms with Crippen LogP contribution in [-0.2, 0) is 37.6 Å². The summed E-state index contributed by atoms with van der Waals surface area (Å²) >= 11 is 0. The molecule has 1 heterocycles. The summed E-state index contributed by atoms with van der Waals surface area (Å²) in [6.45, 7) is 1.45. The molecule has 0 saturated heterocycles. The van der Waals surface area contributed by atoms with Gasteiger partial charge in [-0.15, -0.1) is 10.8 Å². The van der Waals surface area contributed by atoms with Crippen LogP contribution in [0.2, 0.25) is 0 Å². The van der Waals surface area contributed by atoms with Crippen LogP contribution in [0.15, 0.2) is 138 Å². The molecule has 0 atom stereocenters. The Morgan fingerprint density at radius 3 is 1.82 bits per heavy atom. The third-order valence-electron chi connectivity index (χ3n) is 8.38. The predicted molar refractivity (Wildman–Crippen MR) is 204 cm³/mol. The van der Waals surface area contributed by atoms with Crippen LogP contribution in [0.1, 0.15) is 9.97 Å². The Hall–Kier alpha value is -7.40. The summed E-state index contributed by atoms with van der Waals surface area (Å²) < 4.78 is 68.7. The average Bonchev–Trinajstić information content (AvgIpc) is 3.48. The van der Waals surface area contributed by atoms with Gasteiger partial charge in [-0.25, -0.2) is 16.8 Å². The molecular formula is C36H23CrN8O14S2. The number of aromatic nitrogens is 2. The molecular weight excluding hydrogens is 885 g/mol. The Balaban J connectivity index is 0.000000415. The van der Waals surface area contributed by atoms with E-state index >= 15 is 0 Å². The van der Waals surface area contributed by atoms with Crippen molar-refractivity contribution in [2.75, 3.05) is 0 Å². The molecule has 0 aliphatic carbocycles. The number of nitro groups is 2. The van der Waals surface area contributed by atoms with Gasteiger partial charge in [0.25, 0.3) is 16.9 Å². The molecule has 0 saturated carbocycles. The standard InChI is InChI=1S/C20H13N3O7S.C16H13N5O7S.Cr/c24-16-8-5-11-3-1-2-4-13(11)19(16)21-22-20-14-7-6-12(23(26)27)9-15(14)18(10-17(20)25)31(28,29)30;1-9-15(18-17-13-8-11(21(24)25)4-7-14(13)22)16(23)20(19-9)10-2-5-12(6-3-10)29(26,27)28;/h1-10,24-25H,(H,28,29,30);2-8H,1H3,(H3,17,18,19,22,23,26,27,28);/q;;+3/p-3. The first-order valence-corrected chi connectivity index (χ1v) is 19.2. The SMILES string of the molecule is Cc1[n-]n(-c2ccc(S(=O)(=O)[O-])cc2)c(=O)c1N=Nc1cc([N+](=O)[O-])ccc1[O-].O=[N+]([O-])c1ccc2c(N=Nc3c([O-])ccc4ccccc34)c([O-])cc(S(=O)(=O)[O-])c2c1.[Cr+3].[H+].[H+].[H+]. The summed E-state index contributed by atoms with van der Waals surface area (Å²) in [5.41, 5.74) is -2.16. The summed E-state index contributed by atoms with van der Waals surface area (Å²) in [7, 11) is -9.75. The van der Waals surface area contributed by atoms with Crippen LogP contribution in [0, 0.1) is 27.2 Å². The Bertz CT molecular complexity index is 3260. The van der Waals surface area contributed by atoms with Gasteiger partial charge in [0.05, 0.1) is 36.7 Å². The number of azo groups is 2. The van der Waals surface area contributed by atoms with Crippen LogP contribution < -0.4 is 26.0 Å². The molecule has 6 aromatic carbocycles. The van der Waals surface area contributed by atoms with Gasteiger partial charge in [-0.05, 0) is 41.8 Å². The van der Waals surface area contributed by atoms with E-state index in [-0.39, 0.29) is 72.2 Å². The predicted octanol–water partition coefficient (Wildman–Crippen LogP) is 5.11. The number of non-ortho nitro benzene ring substituents is 2. The average molecular weight is 908 g/mol. The van der Waals surface area contributed by atoms with Gasteiger partial charge in [-0.2, -0.15) is 15.3 Å². The van der Waals surface area contributed by atoms with Crippen LogP contribution in [0.4, 0.5) is 34.1 Å².